The average molecular weight is 362 g/mol. The highest BCUT2D eigenvalue weighted by Crippen LogP contribution is 2.31. The molecule has 0 unspecified atom stereocenters. The second kappa shape index (κ2) is 7.59. The molecule has 26 heavy (non-hydrogen) atoms. The van der Waals surface area contributed by atoms with Crippen molar-refractivity contribution in [3.05, 3.63) is 59.9 Å². The average Bonchev–Trinajstić information content (AvgIpc) is 2.63. The molecule has 0 spiro atoms. The van der Waals surface area contributed by atoms with E-state index in [0.29, 0.717) is 24.8 Å². The molecule has 4 nitrogen and oxygen atoms in total. The lowest BCUT2D eigenvalue weighted by Gasteiger charge is -2.18. The number of dihydropyridines is 1. The van der Waals surface area contributed by atoms with E-state index in [1.165, 1.54) is 6.07 Å². The summed E-state index contributed by atoms with van der Waals surface area (Å²) in [6.45, 7) is 2.95. The van der Waals surface area contributed by atoms with Crippen molar-refractivity contribution in [2.24, 2.45) is 4.99 Å². The van der Waals surface area contributed by atoms with Gasteiger partial charge in [0.2, 0.25) is 5.90 Å². The van der Waals surface area contributed by atoms with Crippen LogP contribution >= 0.6 is 0 Å². The Labute approximate surface area is 149 Å². The van der Waals surface area contributed by atoms with Gasteiger partial charge in [-0.1, -0.05) is 24.3 Å². The van der Waals surface area contributed by atoms with Gasteiger partial charge in [0.05, 0.1) is 12.8 Å². The predicted molar refractivity (Wildman–Crippen MR) is 92.4 cm³/mol. The van der Waals surface area contributed by atoms with Gasteiger partial charge in [0, 0.05) is 17.7 Å². The third-order valence-corrected chi connectivity index (χ3v) is 3.68. The quantitative estimate of drug-likeness (QED) is 0.787. The molecule has 0 fully saturated rings. The second-order valence-electron chi connectivity index (χ2n) is 5.50. The molecule has 7 heteroatoms. The van der Waals surface area contributed by atoms with Crippen molar-refractivity contribution in [3.63, 3.8) is 0 Å². The molecular weight excluding hydrogens is 345 g/mol. The largest absolute Gasteiger partial charge is 0.493 e. The fourth-order valence-electron chi connectivity index (χ4n) is 2.55. The van der Waals surface area contributed by atoms with Gasteiger partial charge < -0.3 is 9.47 Å². The van der Waals surface area contributed by atoms with Crippen LogP contribution in [-0.2, 0) is 6.18 Å². The molecule has 1 aromatic carbocycles. The van der Waals surface area contributed by atoms with Crippen molar-refractivity contribution in [1.29, 1.82) is 0 Å². The molecular formula is C19H17F3N2O2. The zero-order valence-corrected chi connectivity index (χ0v) is 14.1. The molecule has 1 aliphatic rings. The summed E-state index contributed by atoms with van der Waals surface area (Å²) in [5.74, 6) is 1.23. The molecule has 0 N–H and O–H groups in total. The number of nitrogens with zero attached hydrogens (tertiary/aromatic N) is 2. The van der Waals surface area contributed by atoms with E-state index in [4.69, 9.17) is 9.47 Å². The van der Waals surface area contributed by atoms with E-state index >= 15 is 0 Å². The number of aliphatic imine (C=N–C) groups is 1. The van der Waals surface area contributed by atoms with Crippen LogP contribution in [-0.4, -0.2) is 24.0 Å². The summed E-state index contributed by atoms with van der Waals surface area (Å²) in [5.41, 5.74) is 0.612. The Balaban J connectivity index is 1.85. The third kappa shape index (κ3) is 4.04. The van der Waals surface area contributed by atoms with Crippen LogP contribution in [0.3, 0.4) is 0 Å². The first kappa shape index (κ1) is 18.0. The smallest absolute Gasteiger partial charge is 0.433 e. The van der Waals surface area contributed by atoms with Crippen molar-refractivity contribution < 1.29 is 22.6 Å². The first-order valence-corrected chi connectivity index (χ1v) is 8.17. The number of alkyl halides is 3. The number of hydrogen-bond donors (Lipinski definition) is 0. The molecule has 1 aliphatic heterocycles. The minimum absolute atomic E-state index is 0.193. The molecule has 0 aliphatic carbocycles. The van der Waals surface area contributed by atoms with E-state index in [-0.39, 0.29) is 5.75 Å². The number of pyridine rings is 1. The summed E-state index contributed by atoms with van der Waals surface area (Å²) in [5, 5.41) is 0. The van der Waals surface area contributed by atoms with E-state index in [2.05, 4.69) is 9.98 Å². The maximum atomic E-state index is 12.6. The highest BCUT2D eigenvalue weighted by Gasteiger charge is 2.32. The van der Waals surface area contributed by atoms with Crippen molar-refractivity contribution in [3.8, 4) is 11.5 Å². The standard InChI is InChI=1S/C19H17F3N2O2/c1-2-25-16-8-4-3-6-14(16)15-7-5-11-23-18(15)26-13-9-10-17(24-12-13)19(20,21)22/h3-4,6-10,12H,2,5,11H2,1H3. The summed E-state index contributed by atoms with van der Waals surface area (Å²) < 4.78 is 49.3. The van der Waals surface area contributed by atoms with Gasteiger partial charge in [-0.15, -0.1) is 0 Å². The fraction of sp³-hybridized carbons (Fsp3) is 0.263. The third-order valence-electron chi connectivity index (χ3n) is 3.68. The van der Waals surface area contributed by atoms with Crippen molar-refractivity contribution in [2.75, 3.05) is 13.2 Å². The van der Waals surface area contributed by atoms with Crippen LogP contribution in [0.15, 0.2) is 53.7 Å². The second-order valence-corrected chi connectivity index (χ2v) is 5.50. The number of hydrogen-bond acceptors (Lipinski definition) is 4. The van der Waals surface area contributed by atoms with Crippen LogP contribution < -0.4 is 9.47 Å². The molecule has 0 atom stereocenters. The Morgan fingerprint density at radius 2 is 1.92 bits per heavy atom. The number of benzene rings is 1. The zero-order valence-electron chi connectivity index (χ0n) is 14.1. The molecule has 3 rings (SSSR count). The molecule has 0 saturated carbocycles. The van der Waals surface area contributed by atoms with Gasteiger partial charge in [-0.05, 0) is 31.5 Å². The first-order valence-electron chi connectivity index (χ1n) is 8.17. The molecule has 2 heterocycles. The van der Waals surface area contributed by atoms with E-state index in [9.17, 15) is 13.2 Å². The first-order chi connectivity index (χ1) is 12.5. The zero-order chi connectivity index (χ0) is 18.6. The van der Waals surface area contributed by atoms with Crippen molar-refractivity contribution in [1.82, 2.24) is 4.98 Å². The molecule has 0 amide bonds. The Kier molecular flexibility index (Phi) is 5.25. The van der Waals surface area contributed by atoms with Gasteiger partial charge in [-0.2, -0.15) is 13.2 Å². The Morgan fingerprint density at radius 1 is 1.12 bits per heavy atom. The van der Waals surface area contributed by atoms with Gasteiger partial charge in [-0.3, -0.25) is 4.99 Å². The highest BCUT2D eigenvalue weighted by atomic mass is 19.4. The Morgan fingerprint density at radius 3 is 2.62 bits per heavy atom. The molecule has 1 aromatic heterocycles. The summed E-state index contributed by atoms with van der Waals surface area (Å²) in [6.07, 6.45) is -0.708. The van der Waals surface area contributed by atoms with Crippen LogP contribution in [0, 0.1) is 0 Å². The van der Waals surface area contributed by atoms with Gasteiger partial charge in [-0.25, -0.2) is 4.98 Å². The topological polar surface area (TPSA) is 43.7 Å². The van der Waals surface area contributed by atoms with E-state index in [0.717, 1.165) is 29.8 Å². The van der Waals surface area contributed by atoms with E-state index in [1.54, 1.807) is 0 Å². The maximum absolute atomic E-state index is 12.6. The summed E-state index contributed by atoms with van der Waals surface area (Å²) >= 11 is 0. The van der Waals surface area contributed by atoms with Crippen LogP contribution in [0.2, 0.25) is 0 Å². The van der Waals surface area contributed by atoms with Gasteiger partial charge >= 0.3 is 6.18 Å². The summed E-state index contributed by atoms with van der Waals surface area (Å²) in [7, 11) is 0. The molecule has 2 aromatic rings. The molecule has 0 radical (unpaired) electrons. The highest BCUT2D eigenvalue weighted by molar-refractivity contribution is 6.21. The van der Waals surface area contributed by atoms with Crippen LogP contribution in [0.25, 0.3) is 5.57 Å². The number of ether oxygens (including phenoxy) is 2. The Hall–Kier alpha value is -2.83. The maximum Gasteiger partial charge on any atom is 0.433 e. The van der Waals surface area contributed by atoms with Crippen LogP contribution in [0.4, 0.5) is 13.2 Å². The van der Waals surface area contributed by atoms with Crippen LogP contribution in [0.5, 0.6) is 11.5 Å². The van der Waals surface area contributed by atoms with Crippen molar-refractivity contribution >= 4 is 11.5 Å². The number of rotatable bonds is 4. The minimum atomic E-state index is -4.48. The minimum Gasteiger partial charge on any atom is -0.493 e. The summed E-state index contributed by atoms with van der Waals surface area (Å²) in [4.78, 5) is 7.79. The normalized spacial score (nSPS) is 14.5. The monoisotopic (exact) mass is 362 g/mol. The van der Waals surface area contributed by atoms with Gasteiger partial charge in [0.15, 0.2) is 0 Å². The molecule has 136 valence electrons. The van der Waals surface area contributed by atoms with Gasteiger partial charge in [0.1, 0.15) is 17.2 Å². The summed E-state index contributed by atoms with van der Waals surface area (Å²) in [6, 6.07) is 9.62. The fourth-order valence-corrected chi connectivity index (χ4v) is 2.55. The lowest BCUT2D eigenvalue weighted by atomic mass is 10.0. The van der Waals surface area contributed by atoms with E-state index in [1.807, 2.05) is 37.3 Å². The lowest BCUT2D eigenvalue weighted by molar-refractivity contribution is -0.141. The number of halogens is 3. The molecule has 0 bridgehead atoms. The van der Waals surface area contributed by atoms with E-state index < -0.39 is 11.9 Å². The van der Waals surface area contributed by atoms with Gasteiger partial charge in [0.25, 0.3) is 0 Å². The lowest BCUT2D eigenvalue weighted by Crippen LogP contribution is -2.16. The van der Waals surface area contributed by atoms with Crippen molar-refractivity contribution in [2.45, 2.75) is 19.5 Å². The molecule has 0 saturated heterocycles. The predicted octanol–water partition coefficient (Wildman–Crippen LogP) is 4.76. The SMILES string of the molecule is CCOc1ccccc1C1=CCCN=C1Oc1ccc(C(F)(F)F)nc1. The van der Waals surface area contributed by atoms with Crippen LogP contribution in [0.1, 0.15) is 24.6 Å². The number of aromatic nitrogens is 1. The number of para-hydroxylation sites is 1. The Bertz CT molecular complexity index is 827.